The highest BCUT2D eigenvalue weighted by Gasteiger charge is 2.10. The third kappa shape index (κ3) is 3.69. The first kappa shape index (κ1) is 12.3. The van der Waals surface area contributed by atoms with Crippen molar-refractivity contribution >= 4 is 11.3 Å². The van der Waals surface area contributed by atoms with E-state index in [1.54, 1.807) is 0 Å². The lowest BCUT2D eigenvalue weighted by Gasteiger charge is -2.19. The van der Waals surface area contributed by atoms with E-state index in [4.69, 9.17) is 0 Å². The van der Waals surface area contributed by atoms with Gasteiger partial charge in [-0.2, -0.15) is 0 Å². The van der Waals surface area contributed by atoms with E-state index in [9.17, 15) is 0 Å². The molecule has 1 nitrogen and oxygen atoms in total. The standard InChI is InChI=1S/C15H19NS/c1-12(11-14-7-4-3-5-8-14)16-13(2)15-9-6-10-17-15/h3-10,12-13,16H,11H2,1-2H3/t12?,13-/m1/s1. The molecular weight excluding hydrogens is 226 g/mol. The van der Waals surface area contributed by atoms with Crippen LogP contribution in [0.4, 0.5) is 0 Å². The predicted octanol–water partition coefficient (Wildman–Crippen LogP) is 4.03. The lowest BCUT2D eigenvalue weighted by atomic mass is 10.1. The van der Waals surface area contributed by atoms with E-state index in [1.165, 1.54) is 10.4 Å². The molecule has 0 aliphatic heterocycles. The summed E-state index contributed by atoms with van der Waals surface area (Å²) in [5, 5.41) is 5.78. The highest BCUT2D eigenvalue weighted by atomic mass is 32.1. The van der Waals surface area contributed by atoms with E-state index < -0.39 is 0 Å². The fraction of sp³-hybridized carbons (Fsp3) is 0.333. The summed E-state index contributed by atoms with van der Waals surface area (Å²) in [4.78, 5) is 1.41. The van der Waals surface area contributed by atoms with Crippen LogP contribution < -0.4 is 5.32 Å². The van der Waals surface area contributed by atoms with Gasteiger partial charge in [0.05, 0.1) is 0 Å². The van der Waals surface area contributed by atoms with Gasteiger partial charge in [-0.1, -0.05) is 36.4 Å². The van der Waals surface area contributed by atoms with Gasteiger partial charge in [-0.15, -0.1) is 11.3 Å². The van der Waals surface area contributed by atoms with Gasteiger partial charge in [0, 0.05) is 17.0 Å². The van der Waals surface area contributed by atoms with Crippen LogP contribution >= 0.6 is 11.3 Å². The first-order chi connectivity index (χ1) is 8.25. The van der Waals surface area contributed by atoms with E-state index in [1.807, 2.05) is 11.3 Å². The van der Waals surface area contributed by atoms with E-state index in [0.717, 1.165) is 6.42 Å². The van der Waals surface area contributed by atoms with Gasteiger partial charge in [-0.25, -0.2) is 0 Å². The van der Waals surface area contributed by atoms with Gasteiger partial charge in [0.1, 0.15) is 0 Å². The van der Waals surface area contributed by atoms with Gasteiger partial charge in [0.15, 0.2) is 0 Å². The van der Waals surface area contributed by atoms with Crippen LogP contribution in [0.25, 0.3) is 0 Å². The smallest absolute Gasteiger partial charge is 0.0388 e. The van der Waals surface area contributed by atoms with Crippen molar-refractivity contribution in [3.05, 3.63) is 58.3 Å². The van der Waals surface area contributed by atoms with Crippen LogP contribution in [0.1, 0.15) is 30.3 Å². The minimum atomic E-state index is 0.439. The van der Waals surface area contributed by atoms with Crippen molar-refractivity contribution in [2.75, 3.05) is 0 Å². The quantitative estimate of drug-likeness (QED) is 0.838. The largest absolute Gasteiger partial charge is 0.307 e. The molecule has 0 aliphatic carbocycles. The summed E-state index contributed by atoms with van der Waals surface area (Å²) >= 11 is 1.82. The fourth-order valence-electron chi connectivity index (χ4n) is 2.07. The van der Waals surface area contributed by atoms with Crippen LogP contribution in [0.5, 0.6) is 0 Å². The Labute approximate surface area is 108 Å². The molecule has 1 aromatic carbocycles. The Bertz CT molecular complexity index is 421. The summed E-state index contributed by atoms with van der Waals surface area (Å²) < 4.78 is 0. The first-order valence-electron chi connectivity index (χ1n) is 6.09. The summed E-state index contributed by atoms with van der Waals surface area (Å²) in [6.45, 7) is 4.48. The summed E-state index contributed by atoms with van der Waals surface area (Å²) in [5.74, 6) is 0. The summed E-state index contributed by atoms with van der Waals surface area (Å²) in [5.41, 5.74) is 1.39. The Hall–Kier alpha value is -1.12. The van der Waals surface area contributed by atoms with E-state index >= 15 is 0 Å². The molecule has 1 unspecified atom stereocenters. The molecule has 1 N–H and O–H groups in total. The highest BCUT2D eigenvalue weighted by Crippen LogP contribution is 2.19. The lowest BCUT2D eigenvalue weighted by Crippen LogP contribution is -2.30. The Morgan fingerprint density at radius 2 is 1.82 bits per heavy atom. The third-order valence-corrected chi connectivity index (χ3v) is 3.94. The van der Waals surface area contributed by atoms with E-state index in [2.05, 4.69) is 67.0 Å². The molecular formula is C15H19NS. The zero-order valence-corrected chi connectivity index (χ0v) is 11.2. The Morgan fingerprint density at radius 1 is 1.06 bits per heavy atom. The molecule has 17 heavy (non-hydrogen) atoms. The third-order valence-electron chi connectivity index (χ3n) is 2.89. The lowest BCUT2D eigenvalue weighted by molar-refractivity contribution is 0.482. The molecule has 0 spiro atoms. The molecule has 0 amide bonds. The average molecular weight is 245 g/mol. The topological polar surface area (TPSA) is 12.0 Å². The second-order valence-electron chi connectivity index (χ2n) is 4.49. The van der Waals surface area contributed by atoms with Crippen LogP contribution in [0, 0.1) is 0 Å². The normalized spacial score (nSPS) is 14.5. The average Bonchev–Trinajstić information content (AvgIpc) is 2.83. The molecule has 2 rings (SSSR count). The Morgan fingerprint density at radius 3 is 2.47 bits per heavy atom. The molecule has 0 radical (unpaired) electrons. The van der Waals surface area contributed by atoms with Gasteiger partial charge in [0.25, 0.3) is 0 Å². The van der Waals surface area contributed by atoms with Gasteiger partial charge in [-0.3, -0.25) is 0 Å². The van der Waals surface area contributed by atoms with Crippen molar-refractivity contribution in [1.82, 2.24) is 5.32 Å². The Kier molecular flexibility index (Phi) is 4.35. The van der Waals surface area contributed by atoms with Crippen LogP contribution in [0.2, 0.25) is 0 Å². The number of rotatable bonds is 5. The van der Waals surface area contributed by atoms with Gasteiger partial charge >= 0.3 is 0 Å². The van der Waals surface area contributed by atoms with E-state index in [0.29, 0.717) is 12.1 Å². The maximum Gasteiger partial charge on any atom is 0.0388 e. The minimum Gasteiger partial charge on any atom is -0.307 e. The summed E-state index contributed by atoms with van der Waals surface area (Å²) in [6.07, 6.45) is 1.08. The van der Waals surface area contributed by atoms with Crippen molar-refractivity contribution in [3.8, 4) is 0 Å². The zero-order valence-electron chi connectivity index (χ0n) is 10.4. The molecule has 90 valence electrons. The molecule has 0 saturated heterocycles. The van der Waals surface area contributed by atoms with Crippen molar-refractivity contribution < 1.29 is 0 Å². The molecule has 0 saturated carbocycles. The number of benzene rings is 1. The number of thiophene rings is 1. The molecule has 2 heteroatoms. The molecule has 2 aromatic rings. The Balaban J connectivity index is 1.87. The summed E-state index contributed by atoms with van der Waals surface area (Å²) in [6, 6.07) is 15.9. The maximum atomic E-state index is 3.64. The molecule has 0 bridgehead atoms. The number of hydrogen-bond acceptors (Lipinski definition) is 2. The highest BCUT2D eigenvalue weighted by molar-refractivity contribution is 7.10. The van der Waals surface area contributed by atoms with Crippen molar-refractivity contribution in [1.29, 1.82) is 0 Å². The monoisotopic (exact) mass is 245 g/mol. The van der Waals surface area contributed by atoms with Gasteiger partial charge in [0.2, 0.25) is 0 Å². The van der Waals surface area contributed by atoms with E-state index in [-0.39, 0.29) is 0 Å². The van der Waals surface area contributed by atoms with Crippen LogP contribution in [-0.4, -0.2) is 6.04 Å². The molecule has 1 aromatic heterocycles. The fourth-order valence-corrected chi connectivity index (χ4v) is 2.82. The predicted molar refractivity (Wildman–Crippen MR) is 75.5 cm³/mol. The number of nitrogens with one attached hydrogen (secondary N) is 1. The molecule has 0 aliphatic rings. The minimum absolute atomic E-state index is 0.439. The first-order valence-corrected chi connectivity index (χ1v) is 6.97. The van der Waals surface area contributed by atoms with Crippen LogP contribution in [0.15, 0.2) is 47.8 Å². The van der Waals surface area contributed by atoms with Gasteiger partial charge in [-0.05, 0) is 37.3 Å². The van der Waals surface area contributed by atoms with Crippen LogP contribution in [-0.2, 0) is 6.42 Å². The second-order valence-corrected chi connectivity index (χ2v) is 5.47. The van der Waals surface area contributed by atoms with Crippen LogP contribution in [0.3, 0.4) is 0 Å². The summed E-state index contributed by atoms with van der Waals surface area (Å²) in [7, 11) is 0. The van der Waals surface area contributed by atoms with Crippen molar-refractivity contribution in [2.45, 2.75) is 32.4 Å². The van der Waals surface area contributed by atoms with Crippen molar-refractivity contribution in [3.63, 3.8) is 0 Å². The van der Waals surface area contributed by atoms with Crippen molar-refractivity contribution in [2.24, 2.45) is 0 Å². The molecule has 1 heterocycles. The SMILES string of the molecule is CC(Cc1ccccc1)N[C@H](C)c1cccs1. The number of hydrogen-bond donors (Lipinski definition) is 1. The molecule has 2 atom stereocenters. The second kappa shape index (κ2) is 5.99. The zero-order chi connectivity index (χ0) is 12.1. The molecule has 0 fully saturated rings. The maximum absolute atomic E-state index is 3.64. The van der Waals surface area contributed by atoms with Gasteiger partial charge < -0.3 is 5.32 Å².